The minimum Gasteiger partial charge on any atom is -0.467 e. The van der Waals surface area contributed by atoms with E-state index in [1.54, 1.807) is 6.07 Å². The second kappa shape index (κ2) is 6.67. The van der Waals surface area contributed by atoms with Gasteiger partial charge in [-0.05, 0) is 31.0 Å². The smallest absolute Gasteiger partial charge is 0.331 e. The Morgan fingerprint density at radius 1 is 1.10 bits per heavy atom. The van der Waals surface area contributed by atoms with Gasteiger partial charge >= 0.3 is 5.97 Å². The number of benzene rings is 1. The Hall–Kier alpha value is -1.26. The van der Waals surface area contributed by atoms with E-state index in [2.05, 4.69) is 5.32 Å². The minimum absolute atomic E-state index is 0.335. The molecule has 6 heteroatoms. The molecule has 1 aliphatic carbocycles. The van der Waals surface area contributed by atoms with E-state index >= 15 is 0 Å². The van der Waals surface area contributed by atoms with Crippen molar-refractivity contribution in [3.8, 4) is 0 Å². The first-order chi connectivity index (χ1) is 9.97. The number of rotatable bonds is 3. The van der Waals surface area contributed by atoms with Gasteiger partial charge < -0.3 is 10.1 Å². The van der Waals surface area contributed by atoms with Crippen LogP contribution in [0.4, 0.5) is 0 Å². The molecule has 0 bridgehead atoms. The number of carbonyl (C=O) groups is 2. The largest absolute Gasteiger partial charge is 0.467 e. The molecule has 1 saturated carbocycles. The van der Waals surface area contributed by atoms with Gasteiger partial charge in [0.05, 0.1) is 7.11 Å². The van der Waals surface area contributed by atoms with Crippen LogP contribution in [0.25, 0.3) is 0 Å². The number of ether oxygens (including phenoxy) is 1. The Kier molecular flexibility index (Phi) is 5.12. The summed E-state index contributed by atoms with van der Waals surface area (Å²) in [7, 11) is 1.33. The molecule has 0 aromatic heterocycles. The lowest BCUT2D eigenvalue weighted by atomic mass is 9.81. The van der Waals surface area contributed by atoms with E-state index in [0.717, 1.165) is 19.3 Å². The van der Waals surface area contributed by atoms with Crippen LogP contribution in [-0.2, 0) is 9.53 Å². The molecule has 0 heterocycles. The Bertz CT molecular complexity index is 534. The molecule has 0 spiro atoms. The highest BCUT2D eigenvalue weighted by Crippen LogP contribution is 2.30. The molecule has 4 nitrogen and oxygen atoms in total. The summed E-state index contributed by atoms with van der Waals surface area (Å²) in [6.07, 6.45) is 3.98. The van der Waals surface area contributed by atoms with E-state index in [4.69, 9.17) is 27.9 Å². The van der Waals surface area contributed by atoms with Crippen LogP contribution in [0.5, 0.6) is 0 Å². The van der Waals surface area contributed by atoms with Crippen molar-refractivity contribution < 1.29 is 14.3 Å². The quantitative estimate of drug-likeness (QED) is 0.862. The normalized spacial score (nSPS) is 17.1. The SMILES string of the molecule is COC(=O)C1(NC(=O)c2cc(Cl)cc(Cl)c2)CCCCC1. The van der Waals surface area contributed by atoms with Crippen LogP contribution in [-0.4, -0.2) is 24.5 Å². The maximum Gasteiger partial charge on any atom is 0.331 e. The fourth-order valence-corrected chi connectivity index (χ4v) is 3.23. The first-order valence-corrected chi connectivity index (χ1v) is 7.59. The minimum atomic E-state index is -0.946. The molecule has 2 rings (SSSR count). The molecule has 0 aliphatic heterocycles. The summed E-state index contributed by atoms with van der Waals surface area (Å²) in [4.78, 5) is 24.5. The number of hydrogen-bond acceptors (Lipinski definition) is 3. The monoisotopic (exact) mass is 329 g/mol. The van der Waals surface area contributed by atoms with Crippen LogP contribution in [0.3, 0.4) is 0 Å². The van der Waals surface area contributed by atoms with Gasteiger partial charge in [0.15, 0.2) is 0 Å². The van der Waals surface area contributed by atoms with Crippen LogP contribution >= 0.6 is 23.2 Å². The van der Waals surface area contributed by atoms with E-state index in [9.17, 15) is 9.59 Å². The highest BCUT2D eigenvalue weighted by atomic mass is 35.5. The lowest BCUT2D eigenvalue weighted by molar-refractivity contribution is -0.149. The van der Waals surface area contributed by atoms with Gasteiger partial charge in [-0.25, -0.2) is 4.79 Å². The summed E-state index contributed by atoms with van der Waals surface area (Å²) in [5.41, 5.74) is -0.611. The average molecular weight is 330 g/mol. The van der Waals surface area contributed by atoms with E-state index in [0.29, 0.717) is 28.5 Å². The first kappa shape index (κ1) is 16.1. The molecule has 114 valence electrons. The van der Waals surface area contributed by atoms with Crippen molar-refractivity contribution in [3.05, 3.63) is 33.8 Å². The molecule has 21 heavy (non-hydrogen) atoms. The third-order valence-electron chi connectivity index (χ3n) is 3.76. The molecular weight excluding hydrogens is 313 g/mol. The Morgan fingerprint density at radius 2 is 1.67 bits per heavy atom. The van der Waals surface area contributed by atoms with Crippen molar-refractivity contribution in [3.63, 3.8) is 0 Å². The lowest BCUT2D eigenvalue weighted by Gasteiger charge is -2.35. The van der Waals surface area contributed by atoms with Gasteiger partial charge in [-0.3, -0.25) is 4.79 Å². The zero-order chi connectivity index (χ0) is 15.5. The summed E-state index contributed by atoms with van der Waals surface area (Å²) in [5.74, 6) is -0.768. The highest BCUT2D eigenvalue weighted by molar-refractivity contribution is 6.35. The van der Waals surface area contributed by atoms with Crippen molar-refractivity contribution in [2.45, 2.75) is 37.6 Å². The summed E-state index contributed by atoms with van der Waals surface area (Å²) < 4.78 is 4.87. The van der Waals surface area contributed by atoms with Gasteiger partial charge in [-0.15, -0.1) is 0 Å². The summed E-state index contributed by atoms with van der Waals surface area (Å²) in [6.45, 7) is 0. The number of esters is 1. The number of carbonyl (C=O) groups excluding carboxylic acids is 2. The van der Waals surface area contributed by atoms with Crippen molar-refractivity contribution in [2.24, 2.45) is 0 Å². The first-order valence-electron chi connectivity index (χ1n) is 6.84. The Labute approximate surface area is 133 Å². The van der Waals surface area contributed by atoms with E-state index in [1.807, 2.05) is 0 Å². The fourth-order valence-electron chi connectivity index (χ4n) is 2.71. The highest BCUT2D eigenvalue weighted by Gasteiger charge is 2.42. The summed E-state index contributed by atoms with van der Waals surface area (Å²) in [5, 5.41) is 3.58. The zero-order valence-corrected chi connectivity index (χ0v) is 13.3. The average Bonchev–Trinajstić information content (AvgIpc) is 2.46. The molecule has 1 N–H and O–H groups in total. The molecule has 1 amide bonds. The van der Waals surface area contributed by atoms with Gasteiger partial charge in [0.1, 0.15) is 5.54 Å². The molecule has 1 aliphatic rings. The second-order valence-corrected chi connectivity index (χ2v) is 6.12. The molecule has 1 aromatic carbocycles. The number of halogens is 2. The molecule has 1 aromatic rings. The topological polar surface area (TPSA) is 55.4 Å². The van der Waals surface area contributed by atoms with Crippen molar-refractivity contribution in [1.82, 2.24) is 5.32 Å². The Morgan fingerprint density at radius 3 is 2.19 bits per heavy atom. The lowest BCUT2D eigenvalue weighted by Crippen LogP contribution is -2.56. The van der Waals surface area contributed by atoms with Crippen molar-refractivity contribution >= 4 is 35.1 Å². The summed E-state index contributed by atoms with van der Waals surface area (Å²) in [6, 6.07) is 4.60. The van der Waals surface area contributed by atoms with Crippen LogP contribution in [0.1, 0.15) is 42.5 Å². The molecule has 0 atom stereocenters. The van der Waals surface area contributed by atoms with Gasteiger partial charge in [-0.2, -0.15) is 0 Å². The third kappa shape index (κ3) is 3.69. The maximum atomic E-state index is 12.4. The maximum absolute atomic E-state index is 12.4. The predicted octanol–water partition coefficient (Wildman–Crippen LogP) is 3.60. The molecule has 1 fully saturated rings. The van der Waals surface area contributed by atoms with E-state index in [1.165, 1.54) is 19.2 Å². The third-order valence-corrected chi connectivity index (χ3v) is 4.20. The van der Waals surface area contributed by atoms with Crippen molar-refractivity contribution in [2.75, 3.05) is 7.11 Å². The molecule has 0 radical (unpaired) electrons. The standard InChI is InChI=1S/C15H17Cl2NO3/c1-21-14(20)15(5-3-2-4-6-15)18-13(19)10-7-11(16)9-12(17)8-10/h7-9H,2-6H2,1H3,(H,18,19). The number of hydrogen-bond donors (Lipinski definition) is 1. The molecular formula is C15H17Cl2NO3. The van der Waals surface area contributed by atoms with E-state index in [-0.39, 0.29) is 5.91 Å². The number of nitrogens with one attached hydrogen (secondary N) is 1. The van der Waals surface area contributed by atoms with Crippen molar-refractivity contribution in [1.29, 1.82) is 0 Å². The number of methoxy groups -OCH3 is 1. The second-order valence-electron chi connectivity index (χ2n) is 5.25. The summed E-state index contributed by atoms with van der Waals surface area (Å²) >= 11 is 11.8. The molecule has 0 unspecified atom stereocenters. The Balaban J connectivity index is 2.23. The fraction of sp³-hybridized carbons (Fsp3) is 0.467. The van der Waals surface area contributed by atoms with Gasteiger partial charge in [0.25, 0.3) is 5.91 Å². The van der Waals surface area contributed by atoms with Crippen LogP contribution < -0.4 is 5.32 Å². The van der Waals surface area contributed by atoms with Gasteiger partial charge in [0.2, 0.25) is 0 Å². The van der Waals surface area contributed by atoms with Crippen LogP contribution in [0.2, 0.25) is 10.0 Å². The predicted molar refractivity (Wildman–Crippen MR) is 81.8 cm³/mol. The molecule has 0 saturated heterocycles. The zero-order valence-electron chi connectivity index (χ0n) is 11.7. The van der Waals surface area contributed by atoms with E-state index < -0.39 is 11.5 Å². The van der Waals surface area contributed by atoms with Gasteiger partial charge in [-0.1, -0.05) is 42.5 Å². The number of amides is 1. The van der Waals surface area contributed by atoms with Gasteiger partial charge in [0, 0.05) is 15.6 Å². The van der Waals surface area contributed by atoms with Crippen LogP contribution in [0, 0.1) is 0 Å². The van der Waals surface area contributed by atoms with Crippen LogP contribution in [0.15, 0.2) is 18.2 Å².